The van der Waals surface area contributed by atoms with Crippen molar-refractivity contribution >= 4 is 11.8 Å². The molecule has 0 fully saturated rings. The topological polar surface area (TPSA) is 43.4 Å². The van der Waals surface area contributed by atoms with Gasteiger partial charge in [0.05, 0.1) is 0 Å². The number of carbonyl (C=O) groups excluding carboxylic acids is 2. The summed E-state index contributed by atoms with van der Waals surface area (Å²) < 4.78 is 4.81. The first kappa shape index (κ1) is 19.1. The van der Waals surface area contributed by atoms with Crippen LogP contribution in [0.15, 0.2) is 0 Å². The predicted molar refractivity (Wildman–Crippen MR) is 82.6 cm³/mol. The zero-order valence-corrected chi connectivity index (χ0v) is 13.8. The molecule has 20 heavy (non-hydrogen) atoms. The van der Waals surface area contributed by atoms with Gasteiger partial charge < -0.3 is 4.74 Å². The third-order valence-corrected chi connectivity index (χ3v) is 3.83. The highest BCUT2D eigenvalue weighted by molar-refractivity contribution is 5.82. The number of unbranched alkanes of at least 4 members (excludes halogenated alkanes) is 4. The van der Waals surface area contributed by atoms with Crippen LogP contribution < -0.4 is 0 Å². The first-order valence-electron chi connectivity index (χ1n) is 8.08. The first-order chi connectivity index (χ1) is 9.43. The Kier molecular flexibility index (Phi) is 10.4. The van der Waals surface area contributed by atoms with Crippen molar-refractivity contribution in [2.75, 3.05) is 6.61 Å². The quantitative estimate of drug-likeness (QED) is 0.386. The average molecular weight is 284 g/mol. The van der Waals surface area contributed by atoms with Crippen LogP contribution in [0, 0.1) is 5.41 Å². The molecule has 0 N–H and O–H groups in total. The number of hydrogen-bond acceptors (Lipinski definition) is 3. The fourth-order valence-electron chi connectivity index (χ4n) is 2.59. The number of ketones is 1. The van der Waals surface area contributed by atoms with E-state index >= 15 is 0 Å². The summed E-state index contributed by atoms with van der Waals surface area (Å²) in [5.41, 5.74) is 0.0704. The molecule has 3 nitrogen and oxygen atoms in total. The van der Waals surface area contributed by atoms with E-state index in [4.69, 9.17) is 4.74 Å². The van der Waals surface area contributed by atoms with Crippen LogP contribution in [0.2, 0.25) is 0 Å². The maximum Gasteiger partial charge on any atom is 0.303 e. The molecule has 0 radical (unpaired) electrons. The maximum absolute atomic E-state index is 11.9. The Hall–Kier alpha value is -0.860. The Bertz CT molecular complexity index is 286. The normalized spacial score (nSPS) is 13.8. The third-order valence-electron chi connectivity index (χ3n) is 3.83. The van der Waals surface area contributed by atoms with Gasteiger partial charge in [-0.15, -0.1) is 0 Å². The van der Waals surface area contributed by atoms with Crippen LogP contribution in [-0.4, -0.2) is 18.4 Å². The predicted octanol–water partition coefficient (Wildman–Crippen LogP) is 4.68. The Morgan fingerprint density at radius 3 is 2.10 bits per heavy atom. The molecular weight excluding hydrogens is 252 g/mol. The van der Waals surface area contributed by atoms with Gasteiger partial charge in [-0.05, 0) is 18.3 Å². The molecule has 1 unspecified atom stereocenters. The number of esters is 1. The minimum Gasteiger partial charge on any atom is -0.458 e. The van der Waals surface area contributed by atoms with Crippen LogP contribution in [-0.2, 0) is 14.3 Å². The lowest BCUT2D eigenvalue weighted by atomic mass is 9.76. The molecule has 0 spiro atoms. The Balaban J connectivity index is 4.28. The van der Waals surface area contributed by atoms with Gasteiger partial charge in [0.25, 0.3) is 0 Å². The van der Waals surface area contributed by atoms with Crippen LogP contribution in [0.5, 0.6) is 0 Å². The van der Waals surface area contributed by atoms with E-state index in [0.29, 0.717) is 6.42 Å². The number of hydrogen-bond donors (Lipinski definition) is 0. The van der Waals surface area contributed by atoms with E-state index in [1.807, 2.05) is 0 Å². The summed E-state index contributed by atoms with van der Waals surface area (Å²) in [7, 11) is 0. The number of carbonyl (C=O) groups is 2. The monoisotopic (exact) mass is 284 g/mol. The summed E-state index contributed by atoms with van der Waals surface area (Å²) in [5.74, 6) is -0.328. The molecule has 0 aliphatic rings. The molecule has 118 valence electrons. The van der Waals surface area contributed by atoms with E-state index in [9.17, 15) is 9.59 Å². The van der Waals surface area contributed by atoms with Crippen LogP contribution >= 0.6 is 0 Å². The van der Waals surface area contributed by atoms with Crippen molar-refractivity contribution in [1.82, 2.24) is 0 Å². The molecule has 0 aliphatic heterocycles. The summed E-state index contributed by atoms with van der Waals surface area (Å²) in [6.45, 7) is 7.87. The summed E-state index contributed by atoms with van der Waals surface area (Å²) in [6.07, 6.45) is 9.97. The summed E-state index contributed by atoms with van der Waals surface area (Å²) in [5, 5.41) is 0. The lowest BCUT2D eigenvalue weighted by molar-refractivity contribution is -0.146. The van der Waals surface area contributed by atoms with Crippen molar-refractivity contribution in [2.24, 2.45) is 5.41 Å². The molecule has 0 aliphatic carbocycles. The first-order valence-corrected chi connectivity index (χ1v) is 8.08. The highest BCUT2D eigenvalue weighted by atomic mass is 16.5. The molecule has 0 heterocycles. The number of Topliss-reactive ketones (excluding diaryl/α,β-unsaturated/α-hetero) is 1. The second-order valence-corrected chi connectivity index (χ2v) is 6.22. The minimum atomic E-state index is -0.378. The number of rotatable bonds is 12. The smallest absolute Gasteiger partial charge is 0.303 e. The third kappa shape index (κ3) is 9.99. The van der Waals surface area contributed by atoms with E-state index in [1.54, 1.807) is 0 Å². The van der Waals surface area contributed by atoms with Crippen molar-refractivity contribution < 1.29 is 14.3 Å². The molecule has 0 amide bonds. The standard InChI is InChI=1S/C17H32O3/c1-5-7-9-10-12-17(4,11-8-6-2)13-16(19)14-20-15(3)18/h5-14H2,1-4H3. The van der Waals surface area contributed by atoms with Gasteiger partial charge in [0.15, 0.2) is 5.78 Å². The highest BCUT2D eigenvalue weighted by Gasteiger charge is 2.26. The van der Waals surface area contributed by atoms with Gasteiger partial charge in [0.2, 0.25) is 0 Å². The summed E-state index contributed by atoms with van der Waals surface area (Å²) in [4.78, 5) is 22.7. The molecule has 3 heteroatoms. The zero-order valence-electron chi connectivity index (χ0n) is 13.8. The summed E-state index contributed by atoms with van der Waals surface area (Å²) in [6, 6.07) is 0. The van der Waals surface area contributed by atoms with E-state index in [0.717, 1.165) is 25.7 Å². The molecule has 0 aromatic carbocycles. The average Bonchev–Trinajstić information content (AvgIpc) is 2.39. The molecule has 0 bridgehead atoms. The molecular formula is C17H32O3. The molecule has 0 rings (SSSR count). The van der Waals surface area contributed by atoms with Crippen LogP contribution in [0.3, 0.4) is 0 Å². The van der Waals surface area contributed by atoms with E-state index in [1.165, 1.54) is 32.6 Å². The van der Waals surface area contributed by atoms with Crippen molar-refractivity contribution in [3.63, 3.8) is 0 Å². The Labute approximate surface area is 124 Å². The fourth-order valence-corrected chi connectivity index (χ4v) is 2.59. The minimum absolute atomic E-state index is 0.0503. The van der Waals surface area contributed by atoms with Gasteiger partial charge >= 0.3 is 5.97 Å². The Morgan fingerprint density at radius 1 is 0.950 bits per heavy atom. The molecule has 1 atom stereocenters. The second kappa shape index (κ2) is 10.9. The van der Waals surface area contributed by atoms with Crippen molar-refractivity contribution in [3.8, 4) is 0 Å². The lowest BCUT2D eigenvalue weighted by Crippen LogP contribution is -2.24. The molecule has 0 aromatic heterocycles. The Morgan fingerprint density at radius 2 is 1.55 bits per heavy atom. The van der Waals surface area contributed by atoms with Crippen LogP contribution in [0.25, 0.3) is 0 Å². The number of ether oxygens (including phenoxy) is 1. The van der Waals surface area contributed by atoms with Crippen molar-refractivity contribution in [2.45, 2.75) is 85.5 Å². The molecule has 0 saturated heterocycles. The van der Waals surface area contributed by atoms with E-state index < -0.39 is 0 Å². The fraction of sp³-hybridized carbons (Fsp3) is 0.882. The lowest BCUT2D eigenvalue weighted by Gasteiger charge is -2.29. The van der Waals surface area contributed by atoms with Gasteiger partial charge in [0, 0.05) is 13.3 Å². The van der Waals surface area contributed by atoms with Gasteiger partial charge in [-0.3, -0.25) is 9.59 Å². The van der Waals surface area contributed by atoms with Crippen molar-refractivity contribution in [1.29, 1.82) is 0 Å². The van der Waals surface area contributed by atoms with Gasteiger partial charge in [0.1, 0.15) is 6.61 Å². The highest BCUT2D eigenvalue weighted by Crippen LogP contribution is 2.34. The summed E-state index contributed by atoms with van der Waals surface area (Å²) >= 11 is 0. The van der Waals surface area contributed by atoms with Crippen LogP contribution in [0.4, 0.5) is 0 Å². The SMILES string of the molecule is CCCCCCC(C)(CCCC)CC(=O)COC(C)=O. The maximum atomic E-state index is 11.9. The van der Waals surface area contributed by atoms with E-state index in [-0.39, 0.29) is 23.8 Å². The van der Waals surface area contributed by atoms with Gasteiger partial charge in [-0.1, -0.05) is 59.3 Å². The largest absolute Gasteiger partial charge is 0.458 e. The zero-order chi connectivity index (χ0) is 15.4. The molecule has 0 saturated carbocycles. The second-order valence-electron chi connectivity index (χ2n) is 6.22. The van der Waals surface area contributed by atoms with Crippen molar-refractivity contribution in [3.05, 3.63) is 0 Å². The van der Waals surface area contributed by atoms with E-state index in [2.05, 4.69) is 20.8 Å². The molecule has 0 aromatic rings. The van der Waals surface area contributed by atoms with Crippen LogP contribution in [0.1, 0.15) is 85.5 Å². The van der Waals surface area contributed by atoms with Gasteiger partial charge in [-0.2, -0.15) is 0 Å². The van der Waals surface area contributed by atoms with Gasteiger partial charge in [-0.25, -0.2) is 0 Å².